The molecule has 7 heteroatoms. The highest BCUT2D eigenvalue weighted by Crippen LogP contribution is 2.37. The zero-order chi connectivity index (χ0) is 13.7. The monoisotopic (exact) mass is 266 g/mol. The maximum Gasteiger partial charge on any atom is 0.315 e. The topological polar surface area (TPSA) is 107 Å². The molecular weight excluding hydrogens is 248 g/mol. The van der Waals surface area contributed by atoms with E-state index in [9.17, 15) is 14.7 Å². The Kier molecular flexibility index (Phi) is 4.03. The second kappa shape index (κ2) is 5.73. The number of rotatable bonds is 5. The number of carbonyl (C=O) groups excluding carboxylic acids is 1. The molecule has 104 valence electrons. The van der Waals surface area contributed by atoms with Crippen molar-refractivity contribution < 1.29 is 14.7 Å². The Labute approximate surface area is 110 Å². The summed E-state index contributed by atoms with van der Waals surface area (Å²) < 4.78 is 0. The van der Waals surface area contributed by atoms with Gasteiger partial charge in [-0.05, 0) is 12.8 Å². The fourth-order valence-electron chi connectivity index (χ4n) is 2.39. The molecule has 4 N–H and O–H groups in total. The molecule has 1 aromatic rings. The van der Waals surface area contributed by atoms with Crippen molar-refractivity contribution in [3.63, 3.8) is 0 Å². The van der Waals surface area contributed by atoms with Crippen LogP contribution in [0, 0.1) is 5.41 Å². The number of nitrogens with zero attached hydrogens (tertiary/aromatic N) is 1. The van der Waals surface area contributed by atoms with Gasteiger partial charge < -0.3 is 15.7 Å². The van der Waals surface area contributed by atoms with Crippen molar-refractivity contribution in [3.05, 3.63) is 18.0 Å². The van der Waals surface area contributed by atoms with E-state index in [2.05, 4.69) is 20.8 Å². The molecule has 0 unspecified atom stereocenters. The molecule has 19 heavy (non-hydrogen) atoms. The van der Waals surface area contributed by atoms with Gasteiger partial charge in [-0.3, -0.25) is 9.89 Å². The lowest BCUT2D eigenvalue weighted by molar-refractivity contribution is -0.148. The number of carboxylic acids is 1. The quantitative estimate of drug-likeness (QED) is 0.633. The molecular formula is C12H18N4O3. The average molecular weight is 266 g/mol. The van der Waals surface area contributed by atoms with Gasteiger partial charge in [-0.1, -0.05) is 12.8 Å². The van der Waals surface area contributed by atoms with Crippen LogP contribution in [0.2, 0.25) is 0 Å². The SMILES string of the molecule is O=C(NCc1cn[nH]c1)NCC1(C(=O)O)CCCC1. The van der Waals surface area contributed by atoms with Crippen LogP contribution in [0.25, 0.3) is 0 Å². The first-order chi connectivity index (χ1) is 9.12. The van der Waals surface area contributed by atoms with Crippen LogP contribution in [0.5, 0.6) is 0 Å². The highest BCUT2D eigenvalue weighted by atomic mass is 16.4. The Balaban J connectivity index is 1.77. The molecule has 0 radical (unpaired) electrons. The van der Waals surface area contributed by atoms with Crippen molar-refractivity contribution in [1.29, 1.82) is 0 Å². The van der Waals surface area contributed by atoms with Crippen molar-refractivity contribution >= 4 is 12.0 Å². The summed E-state index contributed by atoms with van der Waals surface area (Å²) in [5.41, 5.74) is 0.0800. The molecule has 0 aliphatic heterocycles. The predicted molar refractivity (Wildman–Crippen MR) is 67.4 cm³/mol. The first kappa shape index (κ1) is 13.4. The third-order valence-corrected chi connectivity index (χ3v) is 3.61. The molecule has 1 fully saturated rings. The van der Waals surface area contributed by atoms with Crippen LogP contribution in [0.1, 0.15) is 31.2 Å². The summed E-state index contributed by atoms with van der Waals surface area (Å²) in [6, 6.07) is -0.353. The number of hydrogen-bond donors (Lipinski definition) is 4. The smallest absolute Gasteiger partial charge is 0.315 e. The van der Waals surface area contributed by atoms with Crippen LogP contribution in [-0.2, 0) is 11.3 Å². The van der Waals surface area contributed by atoms with Crippen LogP contribution in [-0.4, -0.2) is 33.8 Å². The zero-order valence-corrected chi connectivity index (χ0v) is 10.6. The van der Waals surface area contributed by atoms with Crippen LogP contribution in [0.3, 0.4) is 0 Å². The van der Waals surface area contributed by atoms with Gasteiger partial charge in [0.15, 0.2) is 0 Å². The van der Waals surface area contributed by atoms with Crippen LogP contribution < -0.4 is 10.6 Å². The molecule has 2 amide bonds. The van der Waals surface area contributed by atoms with E-state index < -0.39 is 11.4 Å². The summed E-state index contributed by atoms with van der Waals surface area (Å²) >= 11 is 0. The molecule has 0 bridgehead atoms. The highest BCUT2D eigenvalue weighted by Gasteiger charge is 2.41. The van der Waals surface area contributed by atoms with Gasteiger partial charge in [0.1, 0.15) is 0 Å². The summed E-state index contributed by atoms with van der Waals surface area (Å²) in [4.78, 5) is 22.9. The molecule has 1 saturated carbocycles. The molecule has 0 aromatic carbocycles. The van der Waals surface area contributed by atoms with E-state index in [1.807, 2.05) is 0 Å². The number of nitrogens with one attached hydrogen (secondary N) is 3. The largest absolute Gasteiger partial charge is 0.481 e. The number of amides is 2. The number of urea groups is 1. The van der Waals surface area contributed by atoms with E-state index in [1.165, 1.54) is 0 Å². The van der Waals surface area contributed by atoms with Gasteiger partial charge in [0.2, 0.25) is 0 Å². The molecule has 7 nitrogen and oxygen atoms in total. The Hall–Kier alpha value is -2.05. The fraction of sp³-hybridized carbons (Fsp3) is 0.583. The summed E-state index contributed by atoms with van der Waals surface area (Å²) in [6.45, 7) is 0.544. The lowest BCUT2D eigenvalue weighted by Crippen LogP contribution is -2.44. The second-order valence-corrected chi connectivity index (χ2v) is 4.94. The number of H-pyrrole nitrogens is 1. The molecule has 0 spiro atoms. The van der Waals surface area contributed by atoms with E-state index >= 15 is 0 Å². The van der Waals surface area contributed by atoms with Crippen molar-refractivity contribution in [3.8, 4) is 0 Å². The molecule has 0 saturated heterocycles. The minimum absolute atomic E-state index is 0.180. The van der Waals surface area contributed by atoms with Crippen LogP contribution in [0.15, 0.2) is 12.4 Å². The van der Waals surface area contributed by atoms with Crippen molar-refractivity contribution in [2.75, 3.05) is 6.54 Å². The first-order valence-electron chi connectivity index (χ1n) is 6.35. The van der Waals surface area contributed by atoms with Crippen molar-refractivity contribution in [2.24, 2.45) is 5.41 Å². The maximum absolute atomic E-state index is 11.6. The van der Waals surface area contributed by atoms with Gasteiger partial charge in [0.25, 0.3) is 0 Å². The molecule has 2 rings (SSSR count). The van der Waals surface area contributed by atoms with Gasteiger partial charge in [0, 0.05) is 24.8 Å². The van der Waals surface area contributed by atoms with Gasteiger partial charge in [-0.25, -0.2) is 4.79 Å². The number of hydrogen-bond acceptors (Lipinski definition) is 3. The number of carbonyl (C=O) groups is 2. The number of carboxylic acid groups (broad SMARTS) is 1. The molecule has 1 aliphatic carbocycles. The molecule has 1 heterocycles. The molecule has 1 aromatic heterocycles. The summed E-state index contributed by atoms with van der Waals surface area (Å²) in [7, 11) is 0. The minimum atomic E-state index is -0.819. The normalized spacial score (nSPS) is 17.1. The van der Waals surface area contributed by atoms with E-state index in [1.54, 1.807) is 12.4 Å². The minimum Gasteiger partial charge on any atom is -0.481 e. The first-order valence-corrected chi connectivity index (χ1v) is 6.35. The fourth-order valence-corrected chi connectivity index (χ4v) is 2.39. The lowest BCUT2D eigenvalue weighted by atomic mass is 9.86. The third kappa shape index (κ3) is 3.24. The standard InChI is InChI=1S/C12H18N4O3/c17-10(18)12(3-1-2-4-12)8-14-11(19)13-5-9-6-15-16-7-9/h6-7H,1-5,8H2,(H,15,16)(H,17,18)(H2,13,14,19). The van der Waals surface area contributed by atoms with E-state index in [0.29, 0.717) is 19.4 Å². The van der Waals surface area contributed by atoms with E-state index in [4.69, 9.17) is 0 Å². The Morgan fingerprint density at radius 1 is 1.37 bits per heavy atom. The van der Waals surface area contributed by atoms with Gasteiger partial charge >= 0.3 is 12.0 Å². The average Bonchev–Trinajstić information content (AvgIpc) is 3.05. The lowest BCUT2D eigenvalue weighted by Gasteiger charge is -2.23. The molecule has 1 aliphatic rings. The number of aromatic nitrogens is 2. The van der Waals surface area contributed by atoms with Gasteiger partial charge in [-0.15, -0.1) is 0 Å². The third-order valence-electron chi connectivity index (χ3n) is 3.61. The van der Waals surface area contributed by atoms with Gasteiger partial charge in [0.05, 0.1) is 11.6 Å². The van der Waals surface area contributed by atoms with E-state index in [0.717, 1.165) is 18.4 Å². The number of aliphatic carboxylic acids is 1. The Bertz CT molecular complexity index is 438. The summed E-state index contributed by atoms with van der Waals surface area (Å²) in [5.74, 6) is -0.819. The number of aromatic amines is 1. The Morgan fingerprint density at radius 3 is 2.68 bits per heavy atom. The Morgan fingerprint density at radius 2 is 2.11 bits per heavy atom. The van der Waals surface area contributed by atoms with Crippen molar-refractivity contribution in [2.45, 2.75) is 32.2 Å². The highest BCUT2D eigenvalue weighted by molar-refractivity contribution is 5.78. The van der Waals surface area contributed by atoms with Crippen molar-refractivity contribution in [1.82, 2.24) is 20.8 Å². The summed E-state index contributed by atoms with van der Waals surface area (Å²) in [5, 5.41) is 21.0. The predicted octanol–water partition coefficient (Wildman–Crippen LogP) is 0.854. The van der Waals surface area contributed by atoms with Gasteiger partial charge in [-0.2, -0.15) is 5.10 Å². The maximum atomic E-state index is 11.6. The van der Waals surface area contributed by atoms with Crippen LogP contribution >= 0.6 is 0 Å². The van der Waals surface area contributed by atoms with Crippen LogP contribution in [0.4, 0.5) is 4.79 Å². The summed E-state index contributed by atoms with van der Waals surface area (Å²) in [6.07, 6.45) is 6.38. The van der Waals surface area contributed by atoms with E-state index in [-0.39, 0.29) is 12.6 Å². The second-order valence-electron chi connectivity index (χ2n) is 4.94. The molecule has 0 atom stereocenters. The zero-order valence-electron chi connectivity index (χ0n) is 10.6.